The van der Waals surface area contributed by atoms with Crippen LogP contribution in [0.2, 0.25) is 0 Å². The van der Waals surface area contributed by atoms with Crippen LogP contribution in [0.3, 0.4) is 0 Å². The first-order valence-electron chi connectivity index (χ1n) is 20.3. The SMILES string of the molecule is C1=Cc2ccccc2C2(c3ccccc31)c1ccccc1-c1c(N(c3ccc(-c4ccccc4)cc3)c3ccc4c(c3)-c3ccccc3-c3ccccc3O4)cccc12. The third-order valence-corrected chi connectivity index (χ3v) is 12.5. The molecule has 9 aromatic rings. The molecule has 0 saturated heterocycles. The van der Waals surface area contributed by atoms with Crippen molar-refractivity contribution in [1.29, 1.82) is 0 Å². The summed E-state index contributed by atoms with van der Waals surface area (Å²) in [5, 5.41) is 0. The quantitative estimate of drug-likeness (QED) is 0.178. The Hall–Kier alpha value is -7.68. The van der Waals surface area contributed by atoms with E-state index in [9.17, 15) is 0 Å². The van der Waals surface area contributed by atoms with Crippen molar-refractivity contribution in [2.24, 2.45) is 0 Å². The third-order valence-electron chi connectivity index (χ3n) is 12.5. The Morgan fingerprint density at radius 2 is 0.864 bits per heavy atom. The molecule has 0 amide bonds. The molecule has 2 heteroatoms. The smallest absolute Gasteiger partial charge is 0.135 e. The maximum absolute atomic E-state index is 6.75. The van der Waals surface area contributed by atoms with Crippen molar-refractivity contribution in [2.75, 3.05) is 4.90 Å². The summed E-state index contributed by atoms with van der Waals surface area (Å²) in [5.74, 6) is 1.70. The minimum absolute atomic E-state index is 0.534. The first kappa shape index (κ1) is 33.5. The highest BCUT2D eigenvalue weighted by atomic mass is 16.5. The Morgan fingerprint density at radius 3 is 1.59 bits per heavy atom. The standard InChI is InChI=1S/C57H37NO/c1-2-15-38(16-3-1)39-31-33-42(34-32-39)58(43-35-36-55-48(37-43)45-20-7-6-19-44(45)46-21-9-13-28-54(46)59-55)53-27-14-26-52-56(53)47-22-8-12-25-51(47)57(52)49-23-10-4-17-40(49)29-30-41-18-5-11-24-50(41)57/h1-37H. The van der Waals surface area contributed by atoms with Crippen molar-refractivity contribution in [3.8, 4) is 56.0 Å². The minimum atomic E-state index is -0.534. The van der Waals surface area contributed by atoms with E-state index in [0.29, 0.717) is 0 Å². The lowest BCUT2D eigenvalue weighted by Crippen LogP contribution is -2.30. The van der Waals surface area contributed by atoms with Crippen LogP contribution in [0.5, 0.6) is 11.5 Å². The summed E-state index contributed by atoms with van der Waals surface area (Å²) in [6, 6.07) is 77.3. The molecule has 0 saturated carbocycles. The van der Waals surface area contributed by atoms with Crippen LogP contribution in [0.25, 0.3) is 56.7 Å². The van der Waals surface area contributed by atoms with Crippen LogP contribution in [0, 0.1) is 0 Å². The zero-order valence-corrected chi connectivity index (χ0v) is 32.2. The van der Waals surface area contributed by atoms with E-state index in [4.69, 9.17) is 4.74 Å². The second-order valence-electron chi connectivity index (χ2n) is 15.6. The lowest BCUT2D eigenvalue weighted by atomic mass is 9.66. The van der Waals surface area contributed by atoms with Crippen LogP contribution in [-0.2, 0) is 5.41 Å². The molecule has 2 nitrogen and oxygen atoms in total. The van der Waals surface area contributed by atoms with Gasteiger partial charge in [-0.3, -0.25) is 0 Å². The molecule has 0 atom stereocenters. The largest absolute Gasteiger partial charge is 0.456 e. The van der Waals surface area contributed by atoms with Gasteiger partial charge in [0.25, 0.3) is 0 Å². The van der Waals surface area contributed by atoms with E-state index >= 15 is 0 Å². The number of nitrogens with zero attached hydrogens (tertiary/aromatic N) is 1. The second-order valence-corrected chi connectivity index (χ2v) is 15.6. The average Bonchev–Trinajstić information content (AvgIpc) is 3.41. The molecule has 0 aromatic heterocycles. The summed E-state index contributed by atoms with van der Waals surface area (Å²) in [6.45, 7) is 0. The maximum atomic E-state index is 6.75. The van der Waals surface area contributed by atoms with E-state index in [1.807, 2.05) is 6.07 Å². The van der Waals surface area contributed by atoms with Crippen molar-refractivity contribution < 1.29 is 4.74 Å². The number of ether oxygens (including phenoxy) is 1. The summed E-state index contributed by atoms with van der Waals surface area (Å²) in [6.07, 6.45) is 4.59. The van der Waals surface area contributed by atoms with Crippen molar-refractivity contribution in [3.63, 3.8) is 0 Å². The maximum Gasteiger partial charge on any atom is 0.135 e. The van der Waals surface area contributed by atoms with Gasteiger partial charge in [-0.05, 0) is 104 Å². The van der Waals surface area contributed by atoms with Crippen LogP contribution >= 0.6 is 0 Å². The fraction of sp³-hybridized carbons (Fsp3) is 0.0175. The van der Waals surface area contributed by atoms with Gasteiger partial charge < -0.3 is 9.64 Å². The molecule has 3 aliphatic rings. The Balaban J connectivity index is 1.14. The van der Waals surface area contributed by atoms with E-state index in [1.54, 1.807) is 0 Å². The first-order chi connectivity index (χ1) is 29.3. The van der Waals surface area contributed by atoms with Gasteiger partial charge in [-0.1, -0.05) is 182 Å². The summed E-state index contributed by atoms with van der Waals surface area (Å²) >= 11 is 0. The molecule has 276 valence electrons. The van der Waals surface area contributed by atoms with Gasteiger partial charge in [-0.15, -0.1) is 0 Å². The molecule has 12 rings (SSSR count). The summed E-state index contributed by atoms with van der Waals surface area (Å²) in [4.78, 5) is 2.46. The molecule has 0 N–H and O–H groups in total. The molecule has 0 fully saturated rings. The number of anilines is 3. The van der Waals surface area contributed by atoms with Crippen molar-refractivity contribution in [2.45, 2.75) is 5.41 Å². The normalized spacial score (nSPS) is 13.3. The fourth-order valence-corrected chi connectivity index (χ4v) is 10.0. The van der Waals surface area contributed by atoms with Crippen molar-refractivity contribution >= 4 is 29.2 Å². The Bertz CT molecular complexity index is 3090. The van der Waals surface area contributed by atoms with Crippen LogP contribution < -0.4 is 9.64 Å². The minimum Gasteiger partial charge on any atom is -0.456 e. The molecule has 0 bridgehead atoms. The zero-order valence-electron chi connectivity index (χ0n) is 32.2. The van der Waals surface area contributed by atoms with Gasteiger partial charge in [0.1, 0.15) is 11.5 Å². The van der Waals surface area contributed by atoms with Gasteiger partial charge >= 0.3 is 0 Å². The van der Waals surface area contributed by atoms with E-state index in [0.717, 1.165) is 50.8 Å². The molecule has 1 heterocycles. The number of rotatable bonds is 4. The van der Waals surface area contributed by atoms with Gasteiger partial charge in [-0.25, -0.2) is 0 Å². The highest BCUT2D eigenvalue weighted by Crippen LogP contribution is 2.61. The fourth-order valence-electron chi connectivity index (χ4n) is 10.0. The van der Waals surface area contributed by atoms with Crippen LogP contribution in [0.15, 0.2) is 212 Å². The molecule has 0 unspecified atom stereocenters. The molecule has 59 heavy (non-hydrogen) atoms. The van der Waals surface area contributed by atoms with Gasteiger partial charge in [0, 0.05) is 28.1 Å². The lowest BCUT2D eigenvalue weighted by molar-refractivity contribution is 0.488. The summed E-state index contributed by atoms with van der Waals surface area (Å²) in [5.41, 5.74) is 19.7. The van der Waals surface area contributed by atoms with Crippen molar-refractivity contribution in [1.82, 2.24) is 0 Å². The monoisotopic (exact) mass is 751 g/mol. The number of hydrogen-bond donors (Lipinski definition) is 0. The predicted molar refractivity (Wildman–Crippen MR) is 244 cm³/mol. The van der Waals surface area contributed by atoms with E-state index in [1.165, 1.54) is 55.6 Å². The third kappa shape index (κ3) is 5.00. The topological polar surface area (TPSA) is 12.5 Å². The second kappa shape index (κ2) is 13.2. The molecule has 0 radical (unpaired) electrons. The molecule has 2 aliphatic carbocycles. The number of para-hydroxylation sites is 1. The average molecular weight is 752 g/mol. The van der Waals surface area contributed by atoms with Gasteiger partial charge in [0.2, 0.25) is 0 Å². The van der Waals surface area contributed by atoms with E-state index in [2.05, 4.69) is 223 Å². The van der Waals surface area contributed by atoms with Crippen LogP contribution in [0.4, 0.5) is 17.1 Å². The van der Waals surface area contributed by atoms with Gasteiger partial charge in [-0.2, -0.15) is 0 Å². The Morgan fingerprint density at radius 1 is 0.339 bits per heavy atom. The molecule has 9 aromatic carbocycles. The molecular weight excluding hydrogens is 715 g/mol. The number of hydrogen-bond acceptors (Lipinski definition) is 2. The predicted octanol–water partition coefficient (Wildman–Crippen LogP) is 15.1. The van der Waals surface area contributed by atoms with Crippen LogP contribution in [-0.4, -0.2) is 0 Å². The van der Waals surface area contributed by atoms with Gasteiger partial charge in [0.05, 0.1) is 11.1 Å². The first-order valence-corrected chi connectivity index (χ1v) is 20.3. The Kier molecular flexibility index (Phi) is 7.48. The number of fused-ring (bicyclic) bond motifs is 14. The highest BCUT2D eigenvalue weighted by Gasteiger charge is 2.49. The molecule has 1 aliphatic heterocycles. The van der Waals surface area contributed by atoms with Gasteiger partial charge in [0.15, 0.2) is 0 Å². The zero-order chi connectivity index (χ0) is 38.9. The highest BCUT2D eigenvalue weighted by molar-refractivity contribution is 6.00. The van der Waals surface area contributed by atoms with Crippen LogP contribution in [0.1, 0.15) is 33.4 Å². The molecular formula is C57H37NO. The van der Waals surface area contributed by atoms with E-state index in [-0.39, 0.29) is 0 Å². The number of benzene rings is 9. The van der Waals surface area contributed by atoms with E-state index < -0.39 is 5.41 Å². The van der Waals surface area contributed by atoms with Crippen molar-refractivity contribution in [3.05, 3.63) is 246 Å². The summed E-state index contributed by atoms with van der Waals surface area (Å²) in [7, 11) is 0. The lowest BCUT2D eigenvalue weighted by Gasteiger charge is -2.35. The molecule has 1 spiro atoms. The Labute approximate surface area is 344 Å². The summed E-state index contributed by atoms with van der Waals surface area (Å²) < 4.78 is 6.75.